The Kier molecular flexibility index (Phi) is 3.00. The predicted molar refractivity (Wildman–Crippen MR) is 73.4 cm³/mol. The Morgan fingerprint density at radius 1 is 1.15 bits per heavy atom. The second-order valence-electron chi connectivity index (χ2n) is 5.76. The average molecular weight is 276 g/mol. The van der Waals surface area contributed by atoms with Crippen molar-refractivity contribution in [3.8, 4) is 0 Å². The van der Waals surface area contributed by atoms with Gasteiger partial charge in [0.05, 0.1) is 11.1 Å². The number of rotatable bonds is 1. The van der Waals surface area contributed by atoms with Crippen LogP contribution >= 0.6 is 0 Å². The van der Waals surface area contributed by atoms with E-state index < -0.39 is 11.2 Å². The van der Waals surface area contributed by atoms with Gasteiger partial charge in [0.15, 0.2) is 0 Å². The second-order valence-corrected chi connectivity index (χ2v) is 5.76. The van der Waals surface area contributed by atoms with E-state index in [0.29, 0.717) is 5.69 Å². The molecule has 4 nitrogen and oxygen atoms in total. The maximum Gasteiger partial charge on any atom is 0.240 e. The smallest absolute Gasteiger partial charge is 0.240 e. The summed E-state index contributed by atoms with van der Waals surface area (Å²) in [6.07, 6.45) is 4.63. The van der Waals surface area contributed by atoms with Crippen LogP contribution in [0.3, 0.4) is 0 Å². The van der Waals surface area contributed by atoms with E-state index in [1.54, 1.807) is 0 Å². The van der Waals surface area contributed by atoms with Crippen LogP contribution in [0.4, 0.5) is 15.8 Å². The number of carbonyl (C=O) groups excluding carboxylic acids is 2. The zero-order valence-electron chi connectivity index (χ0n) is 11.2. The number of nitrogen functional groups attached to an aromatic ring is 1. The van der Waals surface area contributed by atoms with Gasteiger partial charge in [0, 0.05) is 12.1 Å². The summed E-state index contributed by atoms with van der Waals surface area (Å²) in [5, 5.41) is 0. The fourth-order valence-electron chi connectivity index (χ4n) is 3.36. The highest BCUT2D eigenvalue weighted by Gasteiger charge is 2.52. The standard InChI is InChI=1S/C15H17FN2O2/c16-11-5-4-10(17)8-12(11)18-13(19)9-15(14(18)20)6-2-1-3-7-15/h4-5,8H,1-3,6-7,9,17H2. The largest absolute Gasteiger partial charge is 0.399 e. The van der Waals surface area contributed by atoms with Gasteiger partial charge in [-0.25, -0.2) is 9.29 Å². The predicted octanol–water partition coefficient (Wildman–Crippen LogP) is 2.62. The molecule has 106 valence electrons. The number of nitrogens with zero attached hydrogens (tertiary/aromatic N) is 1. The first kappa shape index (κ1) is 13.1. The molecule has 0 bridgehead atoms. The van der Waals surface area contributed by atoms with Gasteiger partial charge in [-0.1, -0.05) is 19.3 Å². The van der Waals surface area contributed by atoms with Gasteiger partial charge in [-0.3, -0.25) is 9.59 Å². The molecule has 1 heterocycles. The van der Waals surface area contributed by atoms with Crippen molar-refractivity contribution in [2.45, 2.75) is 38.5 Å². The van der Waals surface area contributed by atoms with Crippen LogP contribution in [-0.4, -0.2) is 11.8 Å². The van der Waals surface area contributed by atoms with E-state index in [9.17, 15) is 14.0 Å². The number of hydrogen-bond donors (Lipinski definition) is 1. The molecule has 5 heteroatoms. The van der Waals surface area contributed by atoms with E-state index in [1.165, 1.54) is 18.2 Å². The Morgan fingerprint density at radius 2 is 1.85 bits per heavy atom. The van der Waals surface area contributed by atoms with Gasteiger partial charge in [0.1, 0.15) is 5.82 Å². The fourth-order valence-corrected chi connectivity index (χ4v) is 3.36. The van der Waals surface area contributed by atoms with E-state index in [0.717, 1.165) is 37.0 Å². The van der Waals surface area contributed by atoms with Crippen LogP contribution < -0.4 is 10.6 Å². The molecule has 1 aliphatic heterocycles. The molecule has 2 aliphatic rings. The SMILES string of the molecule is Nc1ccc(F)c(N2C(=O)CC3(CCCCC3)C2=O)c1. The van der Waals surface area contributed by atoms with Crippen LogP contribution in [0.5, 0.6) is 0 Å². The molecule has 1 saturated carbocycles. The molecule has 2 amide bonds. The summed E-state index contributed by atoms with van der Waals surface area (Å²) < 4.78 is 13.9. The van der Waals surface area contributed by atoms with Crippen molar-refractivity contribution < 1.29 is 14.0 Å². The van der Waals surface area contributed by atoms with Crippen molar-refractivity contribution in [2.24, 2.45) is 5.41 Å². The van der Waals surface area contributed by atoms with Gasteiger partial charge in [0.2, 0.25) is 11.8 Å². The summed E-state index contributed by atoms with van der Waals surface area (Å²) in [4.78, 5) is 25.9. The minimum atomic E-state index is -0.605. The number of imide groups is 1. The van der Waals surface area contributed by atoms with Gasteiger partial charge in [-0.05, 0) is 31.0 Å². The molecule has 1 aromatic rings. The number of nitrogens with two attached hydrogens (primary N) is 1. The Bertz CT molecular complexity index is 579. The molecule has 0 aromatic heterocycles. The van der Waals surface area contributed by atoms with E-state index in [-0.39, 0.29) is 23.9 Å². The van der Waals surface area contributed by atoms with Gasteiger partial charge in [0.25, 0.3) is 0 Å². The van der Waals surface area contributed by atoms with Gasteiger partial charge < -0.3 is 5.73 Å². The van der Waals surface area contributed by atoms with Crippen molar-refractivity contribution in [1.82, 2.24) is 0 Å². The molecule has 1 aliphatic carbocycles. The summed E-state index contributed by atoms with van der Waals surface area (Å²) in [7, 11) is 0. The van der Waals surface area contributed by atoms with Crippen molar-refractivity contribution in [3.05, 3.63) is 24.0 Å². The molecule has 1 saturated heterocycles. The number of carbonyl (C=O) groups is 2. The highest BCUT2D eigenvalue weighted by molar-refractivity contribution is 6.22. The second kappa shape index (κ2) is 4.58. The van der Waals surface area contributed by atoms with Crippen molar-refractivity contribution in [2.75, 3.05) is 10.6 Å². The van der Waals surface area contributed by atoms with Crippen LogP contribution in [-0.2, 0) is 9.59 Å². The lowest BCUT2D eigenvalue weighted by atomic mass is 9.73. The summed E-state index contributed by atoms with van der Waals surface area (Å²) in [6.45, 7) is 0. The van der Waals surface area contributed by atoms with Crippen molar-refractivity contribution >= 4 is 23.2 Å². The lowest BCUT2D eigenvalue weighted by Crippen LogP contribution is -2.37. The zero-order valence-corrected chi connectivity index (χ0v) is 11.2. The van der Waals surface area contributed by atoms with Gasteiger partial charge in [-0.15, -0.1) is 0 Å². The van der Waals surface area contributed by atoms with E-state index in [1.807, 2.05) is 0 Å². The van der Waals surface area contributed by atoms with Gasteiger partial charge >= 0.3 is 0 Å². The summed E-state index contributed by atoms with van der Waals surface area (Å²) in [5.74, 6) is -1.16. The molecule has 0 atom stereocenters. The molecule has 0 radical (unpaired) electrons. The monoisotopic (exact) mass is 276 g/mol. The van der Waals surface area contributed by atoms with Crippen LogP contribution in [0.15, 0.2) is 18.2 Å². The molecular weight excluding hydrogens is 259 g/mol. The summed E-state index contributed by atoms with van der Waals surface area (Å²) >= 11 is 0. The highest BCUT2D eigenvalue weighted by Crippen LogP contribution is 2.46. The van der Waals surface area contributed by atoms with Crippen LogP contribution in [0.1, 0.15) is 38.5 Å². The molecule has 20 heavy (non-hydrogen) atoms. The first-order valence-electron chi connectivity index (χ1n) is 6.96. The fraction of sp³-hybridized carbons (Fsp3) is 0.467. The molecule has 2 N–H and O–H groups in total. The number of hydrogen-bond acceptors (Lipinski definition) is 3. The quantitative estimate of drug-likeness (QED) is 0.633. The number of amides is 2. The molecule has 3 rings (SSSR count). The number of anilines is 2. The van der Waals surface area contributed by atoms with Gasteiger partial charge in [-0.2, -0.15) is 0 Å². The van der Waals surface area contributed by atoms with Crippen LogP contribution in [0, 0.1) is 11.2 Å². The Morgan fingerprint density at radius 3 is 2.55 bits per heavy atom. The maximum atomic E-state index is 13.9. The third kappa shape index (κ3) is 1.88. The minimum absolute atomic E-state index is 0.0116. The summed E-state index contributed by atoms with van der Waals surface area (Å²) in [6, 6.07) is 3.96. The number of halogens is 1. The molecule has 0 unspecified atom stereocenters. The zero-order chi connectivity index (χ0) is 14.3. The molecule has 1 spiro atoms. The first-order valence-corrected chi connectivity index (χ1v) is 6.96. The molecule has 2 fully saturated rings. The highest BCUT2D eigenvalue weighted by atomic mass is 19.1. The third-order valence-electron chi connectivity index (χ3n) is 4.42. The maximum absolute atomic E-state index is 13.9. The normalized spacial score (nSPS) is 21.8. The Labute approximate surface area is 116 Å². The van der Waals surface area contributed by atoms with Crippen molar-refractivity contribution in [1.29, 1.82) is 0 Å². The lowest BCUT2D eigenvalue weighted by molar-refractivity contribution is -0.127. The molecular formula is C15H17FN2O2. The molecule has 1 aromatic carbocycles. The Hall–Kier alpha value is -1.91. The van der Waals surface area contributed by atoms with Crippen molar-refractivity contribution in [3.63, 3.8) is 0 Å². The Balaban J connectivity index is 2.00. The minimum Gasteiger partial charge on any atom is -0.399 e. The average Bonchev–Trinajstić information content (AvgIpc) is 2.65. The van der Waals surface area contributed by atoms with E-state index in [4.69, 9.17) is 5.73 Å². The first-order chi connectivity index (χ1) is 9.53. The van der Waals surface area contributed by atoms with E-state index >= 15 is 0 Å². The van der Waals surface area contributed by atoms with Crippen LogP contribution in [0.25, 0.3) is 0 Å². The third-order valence-corrected chi connectivity index (χ3v) is 4.42. The lowest BCUT2D eigenvalue weighted by Gasteiger charge is -2.30. The summed E-state index contributed by atoms with van der Waals surface area (Å²) in [5.41, 5.74) is 5.36. The topological polar surface area (TPSA) is 63.4 Å². The van der Waals surface area contributed by atoms with E-state index in [2.05, 4.69) is 0 Å². The number of benzene rings is 1. The van der Waals surface area contributed by atoms with Crippen LogP contribution in [0.2, 0.25) is 0 Å².